The van der Waals surface area contributed by atoms with Crippen molar-refractivity contribution in [3.63, 3.8) is 0 Å². The predicted molar refractivity (Wildman–Crippen MR) is 99.1 cm³/mol. The molecule has 5 nitrogen and oxygen atoms in total. The fourth-order valence-electron chi connectivity index (χ4n) is 2.86. The van der Waals surface area contributed by atoms with Gasteiger partial charge >= 0.3 is 0 Å². The summed E-state index contributed by atoms with van der Waals surface area (Å²) in [6.07, 6.45) is 5.88. The fourth-order valence-corrected chi connectivity index (χ4v) is 2.86. The van der Waals surface area contributed by atoms with Gasteiger partial charge in [0.1, 0.15) is 5.82 Å². The Kier molecular flexibility index (Phi) is 5.68. The van der Waals surface area contributed by atoms with Gasteiger partial charge in [-0.25, -0.2) is 4.98 Å². The highest BCUT2D eigenvalue weighted by Gasteiger charge is 2.22. The van der Waals surface area contributed by atoms with Crippen LogP contribution >= 0.6 is 0 Å². The van der Waals surface area contributed by atoms with E-state index in [0.29, 0.717) is 23.1 Å². The van der Waals surface area contributed by atoms with Crippen molar-refractivity contribution >= 4 is 17.7 Å². The van der Waals surface area contributed by atoms with E-state index in [2.05, 4.69) is 15.3 Å². The lowest BCUT2D eigenvalue weighted by molar-refractivity contribution is 0.0872. The number of nitrogens with two attached hydrogens (primary N) is 1. The van der Waals surface area contributed by atoms with Crippen LogP contribution in [-0.4, -0.2) is 36.5 Å². The number of anilines is 1. The second-order valence-corrected chi connectivity index (χ2v) is 7.10. The number of aromatic nitrogens is 1. The Bertz CT molecular complexity index is 661. The quantitative estimate of drug-likeness (QED) is 0.612. The van der Waals surface area contributed by atoms with Crippen LogP contribution in [0.1, 0.15) is 45.1 Å². The molecule has 1 aromatic heterocycles. The van der Waals surface area contributed by atoms with Crippen molar-refractivity contribution in [2.75, 3.05) is 18.5 Å². The standard InChI is InChI=1S/C19H27FN4O/c1-12(2)16(11-22-13-7-9-25-10-8-13)18(21)15-5-6-17(24-19(15)20)23-14-3-4-14/h5-6,11-14H,3-4,7-10,21H2,1-2H3,(H,23,24)/b18-16+,22-11?. The predicted octanol–water partition coefficient (Wildman–Crippen LogP) is 3.37. The lowest BCUT2D eigenvalue weighted by Crippen LogP contribution is -2.19. The van der Waals surface area contributed by atoms with Crippen LogP contribution in [0.5, 0.6) is 0 Å². The fraction of sp³-hybridized carbons (Fsp3) is 0.579. The Morgan fingerprint density at radius 2 is 2.04 bits per heavy atom. The van der Waals surface area contributed by atoms with Crippen LogP contribution in [0.25, 0.3) is 5.70 Å². The minimum Gasteiger partial charge on any atom is -0.398 e. The number of nitrogens with zero attached hydrogens (tertiary/aromatic N) is 2. The molecule has 1 aliphatic carbocycles. The van der Waals surface area contributed by atoms with Crippen LogP contribution < -0.4 is 11.1 Å². The highest BCUT2D eigenvalue weighted by Crippen LogP contribution is 2.26. The van der Waals surface area contributed by atoms with Crippen molar-refractivity contribution in [1.29, 1.82) is 0 Å². The number of ether oxygens (including phenoxy) is 1. The van der Waals surface area contributed by atoms with E-state index in [1.165, 1.54) is 0 Å². The molecule has 0 bridgehead atoms. The van der Waals surface area contributed by atoms with Crippen molar-refractivity contribution in [3.8, 4) is 0 Å². The van der Waals surface area contributed by atoms with Gasteiger partial charge in [-0.15, -0.1) is 0 Å². The van der Waals surface area contributed by atoms with E-state index in [9.17, 15) is 4.39 Å². The highest BCUT2D eigenvalue weighted by atomic mass is 19.1. The Morgan fingerprint density at radius 3 is 2.64 bits per heavy atom. The molecule has 3 N–H and O–H groups in total. The van der Waals surface area contributed by atoms with Gasteiger partial charge in [-0.3, -0.25) is 4.99 Å². The highest BCUT2D eigenvalue weighted by molar-refractivity contribution is 5.90. The van der Waals surface area contributed by atoms with E-state index >= 15 is 0 Å². The van der Waals surface area contributed by atoms with Crippen LogP contribution in [0.4, 0.5) is 10.2 Å². The van der Waals surface area contributed by atoms with Crippen LogP contribution in [0.3, 0.4) is 0 Å². The van der Waals surface area contributed by atoms with Gasteiger partial charge in [0.15, 0.2) is 0 Å². The molecule has 1 aliphatic heterocycles. The van der Waals surface area contributed by atoms with Crippen LogP contribution in [0.2, 0.25) is 0 Å². The zero-order chi connectivity index (χ0) is 17.8. The van der Waals surface area contributed by atoms with E-state index in [1.807, 2.05) is 20.1 Å². The summed E-state index contributed by atoms with van der Waals surface area (Å²) in [5.74, 6) is 0.173. The molecule has 1 aromatic rings. The topological polar surface area (TPSA) is 72.5 Å². The van der Waals surface area contributed by atoms with Crippen molar-refractivity contribution < 1.29 is 9.13 Å². The third-order valence-corrected chi connectivity index (χ3v) is 4.62. The van der Waals surface area contributed by atoms with Gasteiger partial charge in [0.2, 0.25) is 5.95 Å². The minimum atomic E-state index is -0.541. The monoisotopic (exact) mass is 346 g/mol. The van der Waals surface area contributed by atoms with Gasteiger partial charge in [0.25, 0.3) is 0 Å². The molecule has 0 amide bonds. The Hall–Kier alpha value is -1.95. The molecule has 3 rings (SSSR count). The number of rotatable bonds is 6. The first-order valence-corrected chi connectivity index (χ1v) is 9.08. The van der Waals surface area contributed by atoms with Crippen LogP contribution in [0.15, 0.2) is 22.7 Å². The molecular weight excluding hydrogens is 319 g/mol. The molecule has 0 aromatic carbocycles. The molecule has 136 valence electrons. The third-order valence-electron chi connectivity index (χ3n) is 4.62. The molecular formula is C19H27FN4O. The van der Waals surface area contributed by atoms with Gasteiger partial charge in [-0.1, -0.05) is 13.8 Å². The van der Waals surface area contributed by atoms with Crippen LogP contribution in [-0.2, 0) is 4.74 Å². The summed E-state index contributed by atoms with van der Waals surface area (Å²) in [6, 6.07) is 4.18. The maximum absolute atomic E-state index is 14.5. The number of hydrogen-bond acceptors (Lipinski definition) is 5. The van der Waals surface area contributed by atoms with Gasteiger partial charge in [-0.05, 0) is 49.3 Å². The molecule has 0 unspecified atom stereocenters. The first-order chi connectivity index (χ1) is 12.0. The Morgan fingerprint density at radius 1 is 1.32 bits per heavy atom. The molecule has 0 spiro atoms. The second kappa shape index (κ2) is 7.95. The van der Waals surface area contributed by atoms with E-state index in [1.54, 1.807) is 12.1 Å². The number of hydrogen-bond donors (Lipinski definition) is 2. The summed E-state index contributed by atoms with van der Waals surface area (Å²) in [5.41, 5.74) is 7.87. The molecule has 0 atom stereocenters. The minimum absolute atomic E-state index is 0.146. The molecule has 1 saturated heterocycles. The average Bonchev–Trinajstić information content (AvgIpc) is 3.39. The number of halogens is 1. The molecule has 25 heavy (non-hydrogen) atoms. The number of nitrogens with one attached hydrogen (secondary N) is 1. The SMILES string of the molecule is CC(C)/C(C=NC1CCOCC1)=C(/N)c1ccc(NC2CC2)nc1F. The molecule has 2 heterocycles. The largest absolute Gasteiger partial charge is 0.398 e. The van der Waals surface area contributed by atoms with Crippen LogP contribution in [0, 0.1) is 11.9 Å². The summed E-state index contributed by atoms with van der Waals surface area (Å²) >= 11 is 0. The summed E-state index contributed by atoms with van der Waals surface area (Å²) in [5, 5.41) is 3.20. The van der Waals surface area contributed by atoms with Crippen molar-refractivity contribution in [3.05, 3.63) is 29.2 Å². The molecule has 2 fully saturated rings. The Labute approximate surface area is 148 Å². The first kappa shape index (κ1) is 17.9. The summed E-state index contributed by atoms with van der Waals surface area (Å²) in [4.78, 5) is 8.66. The van der Waals surface area contributed by atoms with E-state index in [4.69, 9.17) is 10.5 Å². The summed E-state index contributed by atoms with van der Waals surface area (Å²) in [6.45, 7) is 5.55. The molecule has 0 radical (unpaired) electrons. The maximum atomic E-state index is 14.5. The Balaban J connectivity index is 1.81. The van der Waals surface area contributed by atoms with Crippen molar-refractivity contribution in [2.45, 2.75) is 51.6 Å². The first-order valence-electron chi connectivity index (χ1n) is 9.08. The van der Waals surface area contributed by atoms with Gasteiger partial charge < -0.3 is 15.8 Å². The smallest absolute Gasteiger partial charge is 0.224 e. The van der Waals surface area contributed by atoms with Gasteiger partial charge in [0.05, 0.1) is 11.6 Å². The maximum Gasteiger partial charge on any atom is 0.224 e. The number of aliphatic imine (C=N–C) groups is 1. The van der Waals surface area contributed by atoms with E-state index in [-0.39, 0.29) is 12.0 Å². The van der Waals surface area contributed by atoms with Crippen molar-refractivity contribution in [1.82, 2.24) is 4.98 Å². The van der Waals surface area contributed by atoms with Gasteiger partial charge in [0, 0.05) is 31.2 Å². The van der Waals surface area contributed by atoms with Crippen molar-refractivity contribution in [2.24, 2.45) is 16.6 Å². The molecule has 1 saturated carbocycles. The van der Waals surface area contributed by atoms with Gasteiger partial charge in [-0.2, -0.15) is 4.39 Å². The molecule has 2 aliphatic rings. The second-order valence-electron chi connectivity index (χ2n) is 7.10. The number of allylic oxidation sites excluding steroid dienone is 1. The summed E-state index contributed by atoms with van der Waals surface area (Å²) < 4.78 is 19.8. The van der Waals surface area contributed by atoms with E-state index < -0.39 is 5.95 Å². The lowest BCUT2D eigenvalue weighted by Gasteiger charge is -2.19. The molecule has 6 heteroatoms. The normalized spacial score (nSPS) is 20.2. The zero-order valence-corrected chi connectivity index (χ0v) is 15.0. The number of pyridine rings is 1. The average molecular weight is 346 g/mol. The van der Waals surface area contributed by atoms with E-state index in [0.717, 1.165) is 44.5 Å². The lowest BCUT2D eigenvalue weighted by atomic mass is 9.98. The zero-order valence-electron chi connectivity index (χ0n) is 15.0. The summed E-state index contributed by atoms with van der Waals surface area (Å²) in [7, 11) is 0. The third kappa shape index (κ3) is 4.78.